The van der Waals surface area contributed by atoms with Crippen LogP contribution in [-0.4, -0.2) is 40.5 Å². The molecule has 1 aliphatic rings. The summed E-state index contributed by atoms with van der Waals surface area (Å²) in [6, 6.07) is -0.637. The van der Waals surface area contributed by atoms with Crippen molar-refractivity contribution >= 4 is 11.9 Å². The third-order valence-corrected chi connectivity index (χ3v) is 3.09. The van der Waals surface area contributed by atoms with Gasteiger partial charge in [-0.15, -0.1) is 6.58 Å². The molecule has 0 spiro atoms. The molecule has 0 radical (unpaired) electrons. The van der Waals surface area contributed by atoms with E-state index in [-0.39, 0.29) is 18.5 Å². The first-order valence-electron chi connectivity index (χ1n) is 5.95. The zero-order valence-electron chi connectivity index (χ0n) is 9.97. The molecule has 1 unspecified atom stereocenters. The van der Waals surface area contributed by atoms with Gasteiger partial charge in [-0.1, -0.05) is 18.9 Å². The molecule has 1 atom stereocenters. The number of carbonyl (C=O) groups excluding carboxylic acids is 1. The van der Waals surface area contributed by atoms with Crippen LogP contribution in [0.3, 0.4) is 0 Å². The fraction of sp³-hybridized carbons (Fsp3) is 0.667. The zero-order valence-corrected chi connectivity index (χ0v) is 9.97. The van der Waals surface area contributed by atoms with Crippen LogP contribution in [-0.2, 0) is 9.59 Å². The van der Waals surface area contributed by atoms with Gasteiger partial charge in [0.1, 0.15) is 6.54 Å². The van der Waals surface area contributed by atoms with Crippen LogP contribution in [0.5, 0.6) is 0 Å². The maximum Gasteiger partial charge on any atom is 0.323 e. The molecular weight excluding hydrogens is 220 g/mol. The van der Waals surface area contributed by atoms with E-state index in [9.17, 15) is 9.59 Å². The predicted molar refractivity (Wildman–Crippen MR) is 64.4 cm³/mol. The number of hydrogen-bond donors (Lipinski definition) is 2. The summed E-state index contributed by atoms with van der Waals surface area (Å²) in [4.78, 5) is 24.3. The largest absolute Gasteiger partial charge is 0.480 e. The van der Waals surface area contributed by atoms with Crippen LogP contribution in [0.1, 0.15) is 32.1 Å². The van der Waals surface area contributed by atoms with Crippen LogP contribution in [0.15, 0.2) is 12.7 Å². The van der Waals surface area contributed by atoms with Crippen LogP contribution >= 0.6 is 0 Å². The van der Waals surface area contributed by atoms with Crippen LogP contribution < -0.4 is 5.73 Å². The molecule has 0 aromatic rings. The van der Waals surface area contributed by atoms with E-state index >= 15 is 0 Å². The van der Waals surface area contributed by atoms with Gasteiger partial charge in [-0.2, -0.15) is 0 Å². The fourth-order valence-corrected chi connectivity index (χ4v) is 2.24. The monoisotopic (exact) mass is 240 g/mol. The smallest absolute Gasteiger partial charge is 0.323 e. The molecule has 5 nitrogen and oxygen atoms in total. The first kappa shape index (κ1) is 13.7. The molecular formula is C12H20N2O3. The van der Waals surface area contributed by atoms with E-state index in [0.717, 1.165) is 25.7 Å². The van der Waals surface area contributed by atoms with Gasteiger partial charge in [0.2, 0.25) is 5.91 Å². The standard InChI is InChI=1S/C12H20N2O3/c1-2-5-10(13)12(17)14(8-11(15)16)9-6-3-4-7-9/h2,9-10H,1,3-8,13H2,(H,15,16). The van der Waals surface area contributed by atoms with E-state index in [4.69, 9.17) is 10.8 Å². The van der Waals surface area contributed by atoms with Crippen molar-refractivity contribution in [1.82, 2.24) is 4.90 Å². The predicted octanol–water partition coefficient (Wildman–Crippen LogP) is 0.746. The summed E-state index contributed by atoms with van der Waals surface area (Å²) in [6.45, 7) is 3.28. The summed E-state index contributed by atoms with van der Waals surface area (Å²) in [5.41, 5.74) is 5.72. The highest BCUT2D eigenvalue weighted by Gasteiger charge is 2.30. The molecule has 17 heavy (non-hydrogen) atoms. The molecule has 96 valence electrons. The van der Waals surface area contributed by atoms with E-state index < -0.39 is 12.0 Å². The van der Waals surface area contributed by atoms with Crippen molar-refractivity contribution in [3.05, 3.63) is 12.7 Å². The van der Waals surface area contributed by atoms with Crippen molar-refractivity contribution < 1.29 is 14.7 Å². The lowest BCUT2D eigenvalue weighted by Gasteiger charge is -2.29. The number of nitrogens with two attached hydrogens (primary N) is 1. The first-order valence-corrected chi connectivity index (χ1v) is 5.95. The van der Waals surface area contributed by atoms with Crippen molar-refractivity contribution in [1.29, 1.82) is 0 Å². The molecule has 5 heteroatoms. The van der Waals surface area contributed by atoms with E-state index in [0.29, 0.717) is 6.42 Å². The third-order valence-electron chi connectivity index (χ3n) is 3.09. The van der Waals surface area contributed by atoms with Gasteiger partial charge in [-0.25, -0.2) is 0 Å². The van der Waals surface area contributed by atoms with Crippen LogP contribution in [0.4, 0.5) is 0 Å². The summed E-state index contributed by atoms with van der Waals surface area (Å²) >= 11 is 0. The van der Waals surface area contributed by atoms with Gasteiger partial charge in [-0.3, -0.25) is 9.59 Å². The summed E-state index contributed by atoms with van der Waals surface area (Å²) in [5, 5.41) is 8.85. The SMILES string of the molecule is C=CCC(N)C(=O)N(CC(=O)O)C1CCCC1. The molecule has 1 aliphatic carbocycles. The van der Waals surface area contributed by atoms with E-state index in [1.807, 2.05) is 0 Å². The quantitative estimate of drug-likeness (QED) is 0.671. The second-order valence-corrected chi connectivity index (χ2v) is 4.43. The number of aliphatic carboxylic acids is 1. The summed E-state index contributed by atoms with van der Waals surface area (Å²) < 4.78 is 0. The van der Waals surface area contributed by atoms with Crippen molar-refractivity contribution in [2.24, 2.45) is 5.73 Å². The number of carboxylic acid groups (broad SMARTS) is 1. The van der Waals surface area contributed by atoms with Crippen molar-refractivity contribution in [2.75, 3.05) is 6.54 Å². The normalized spacial score (nSPS) is 17.7. The molecule has 0 saturated heterocycles. The molecule has 0 heterocycles. The number of rotatable bonds is 6. The third kappa shape index (κ3) is 3.85. The lowest BCUT2D eigenvalue weighted by atomic mass is 10.1. The van der Waals surface area contributed by atoms with E-state index in [1.165, 1.54) is 4.90 Å². The Morgan fingerprint density at radius 3 is 2.53 bits per heavy atom. The second kappa shape index (κ2) is 6.39. The maximum atomic E-state index is 12.0. The number of carboxylic acids is 1. The van der Waals surface area contributed by atoms with E-state index in [2.05, 4.69) is 6.58 Å². The fourth-order valence-electron chi connectivity index (χ4n) is 2.24. The number of nitrogens with zero attached hydrogens (tertiary/aromatic N) is 1. The number of carbonyl (C=O) groups is 2. The van der Waals surface area contributed by atoms with Gasteiger partial charge in [0, 0.05) is 6.04 Å². The molecule has 3 N–H and O–H groups in total. The molecule has 1 amide bonds. The van der Waals surface area contributed by atoms with Gasteiger partial charge < -0.3 is 15.7 Å². The van der Waals surface area contributed by atoms with Crippen LogP contribution in [0.25, 0.3) is 0 Å². The highest BCUT2D eigenvalue weighted by molar-refractivity contribution is 5.85. The zero-order chi connectivity index (χ0) is 12.8. The summed E-state index contributed by atoms with van der Waals surface area (Å²) in [5.74, 6) is -1.27. The lowest BCUT2D eigenvalue weighted by molar-refractivity contribution is -0.146. The van der Waals surface area contributed by atoms with Crippen molar-refractivity contribution in [2.45, 2.75) is 44.2 Å². The Kier molecular flexibility index (Phi) is 5.15. The average Bonchev–Trinajstić information content (AvgIpc) is 2.78. The van der Waals surface area contributed by atoms with Gasteiger partial charge in [0.05, 0.1) is 6.04 Å². The highest BCUT2D eigenvalue weighted by Crippen LogP contribution is 2.24. The van der Waals surface area contributed by atoms with Gasteiger partial charge in [0.15, 0.2) is 0 Å². The van der Waals surface area contributed by atoms with Crippen LogP contribution in [0.2, 0.25) is 0 Å². The minimum absolute atomic E-state index is 0.0365. The topological polar surface area (TPSA) is 83.6 Å². The lowest BCUT2D eigenvalue weighted by Crippen LogP contribution is -2.49. The Morgan fingerprint density at radius 2 is 2.06 bits per heavy atom. The molecule has 1 saturated carbocycles. The van der Waals surface area contributed by atoms with Crippen LogP contribution in [0, 0.1) is 0 Å². The molecule has 0 bridgehead atoms. The Balaban J connectivity index is 2.70. The van der Waals surface area contributed by atoms with Gasteiger partial charge >= 0.3 is 5.97 Å². The maximum absolute atomic E-state index is 12.0. The molecule has 1 rings (SSSR count). The summed E-state index contributed by atoms with van der Waals surface area (Å²) in [7, 11) is 0. The Bertz CT molecular complexity index is 298. The van der Waals surface area contributed by atoms with E-state index in [1.54, 1.807) is 6.08 Å². The molecule has 1 fully saturated rings. The number of amides is 1. The molecule has 0 aromatic carbocycles. The Hall–Kier alpha value is -1.36. The number of hydrogen-bond acceptors (Lipinski definition) is 3. The molecule has 0 aliphatic heterocycles. The first-order chi connectivity index (χ1) is 8.06. The Labute approximate surface area is 101 Å². The molecule has 0 aromatic heterocycles. The average molecular weight is 240 g/mol. The minimum atomic E-state index is -0.990. The Morgan fingerprint density at radius 1 is 1.47 bits per heavy atom. The second-order valence-electron chi connectivity index (χ2n) is 4.43. The van der Waals surface area contributed by atoms with Crippen molar-refractivity contribution in [3.8, 4) is 0 Å². The highest BCUT2D eigenvalue weighted by atomic mass is 16.4. The van der Waals surface area contributed by atoms with Gasteiger partial charge in [-0.05, 0) is 19.3 Å². The van der Waals surface area contributed by atoms with Gasteiger partial charge in [0.25, 0.3) is 0 Å². The summed E-state index contributed by atoms with van der Waals surface area (Å²) in [6.07, 6.45) is 5.80. The minimum Gasteiger partial charge on any atom is -0.480 e. The van der Waals surface area contributed by atoms with Crippen molar-refractivity contribution in [3.63, 3.8) is 0 Å².